The van der Waals surface area contributed by atoms with Crippen molar-refractivity contribution in [1.82, 2.24) is 15.5 Å². The molecule has 0 spiro atoms. The van der Waals surface area contributed by atoms with Gasteiger partial charge in [0.1, 0.15) is 0 Å². The van der Waals surface area contributed by atoms with E-state index in [-0.39, 0.29) is 17.2 Å². The number of amides is 2. The average molecular weight is 345 g/mol. The highest BCUT2D eigenvalue weighted by Crippen LogP contribution is 2.22. The molecule has 0 aliphatic carbocycles. The van der Waals surface area contributed by atoms with Crippen molar-refractivity contribution in [2.75, 3.05) is 26.7 Å². The van der Waals surface area contributed by atoms with E-state index >= 15 is 0 Å². The van der Waals surface area contributed by atoms with E-state index in [1.54, 1.807) is 0 Å². The molecule has 0 bridgehead atoms. The molecule has 2 rings (SSSR count). The molecule has 1 aliphatic rings. The molecule has 1 aromatic rings. The van der Waals surface area contributed by atoms with Crippen molar-refractivity contribution in [1.29, 1.82) is 0 Å². The Labute approximate surface area is 151 Å². The van der Waals surface area contributed by atoms with Gasteiger partial charge in [0.25, 0.3) is 5.91 Å². The number of hydrogen-bond acceptors (Lipinski definition) is 3. The molecule has 5 nitrogen and oxygen atoms in total. The highest BCUT2D eigenvalue weighted by Gasteiger charge is 2.21. The van der Waals surface area contributed by atoms with E-state index in [0.717, 1.165) is 25.9 Å². The third-order valence-electron chi connectivity index (χ3n) is 4.89. The molecular weight excluding hydrogens is 314 g/mol. The van der Waals surface area contributed by atoms with Crippen molar-refractivity contribution in [3.8, 4) is 0 Å². The third-order valence-corrected chi connectivity index (χ3v) is 4.89. The summed E-state index contributed by atoms with van der Waals surface area (Å²) in [6, 6.07) is 7.99. The lowest BCUT2D eigenvalue weighted by Gasteiger charge is -2.31. The summed E-state index contributed by atoms with van der Waals surface area (Å²) in [5.74, 6) is -0.0342. The number of piperidine rings is 1. The number of benzene rings is 1. The summed E-state index contributed by atoms with van der Waals surface area (Å²) in [6.45, 7) is 8.73. The predicted octanol–water partition coefficient (Wildman–Crippen LogP) is 2.31. The second kappa shape index (κ2) is 8.48. The Hall–Kier alpha value is -1.88. The molecular formula is C20H31N3O2. The number of rotatable bonds is 5. The maximum absolute atomic E-state index is 12.3. The minimum absolute atomic E-state index is 0.0701. The normalized spacial score (nSPS) is 15.7. The van der Waals surface area contributed by atoms with Crippen molar-refractivity contribution in [2.24, 2.45) is 0 Å². The van der Waals surface area contributed by atoms with Crippen molar-refractivity contribution in [3.05, 3.63) is 35.4 Å². The minimum atomic E-state index is -0.127. The predicted molar refractivity (Wildman–Crippen MR) is 101 cm³/mol. The van der Waals surface area contributed by atoms with Crippen LogP contribution in [0.1, 0.15) is 56.0 Å². The summed E-state index contributed by atoms with van der Waals surface area (Å²) in [5, 5.41) is 6.15. The SMILES string of the molecule is CN(C(=O)CCNC(=O)c1ccc(C(C)(C)C)cc1)C1CCNCC1. The van der Waals surface area contributed by atoms with Crippen LogP contribution in [0.5, 0.6) is 0 Å². The zero-order valence-corrected chi connectivity index (χ0v) is 15.9. The first-order chi connectivity index (χ1) is 11.8. The fourth-order valence-electron chi connectivity index (χ4n) is 3.08. The van der Waals surface area contributed by atoms with Gasteiger partial charge in [-0.05, 0) is 49.0 Å². The monoisotopic (exact) mass is 345 g/mol. The fourth-order valence-corrected chi connectivity index (χ4v) is 3.08. The molecule has 0 unspecified atom stereocenters. The summed E-state index contributed by atoms with van der Waals surface area (Å²) in [5.41, 5.74) is 1.90. The maximum Gasteiger partial charge on any atom is 0.251 e. The van der Waals surface area contributed by atoms with Gasteiger partial charge < -0.3 is 15.5 Å². The Morgan fingerprint density at radius 1 is 1.16 bits per heavy atom. The van der Waals surface area contributed by atoms with E-state index in [0.29, 0.717) is 24.6 Å². The van der Waals surface area contributed by atoms with Crippen molar-refractivity contribution in [2.45, 2.75) is 51.5 Å². The maximum atomic E-state index is 12.3. The minimum Gasteiger partial charge on any atom is -0.352 e. The molecule has 0 saturated carbocycles. The van der Waals surface area contributed by atoms with Gasteiger partial charge in [0.05, 0.1) is 0 Å². The smallest absolute Gasteiger partial charge is 0.251 e. The lowest BCUT2D eigenvalue weighted by Crippen LogP contribution is -2.44. The van der Waals surface area contributed by atoms with Crippen LogP contribution in [-0.2, 0) is 10.2 Å². The Bertz CT molecular complexity index is 584. The van der Waals surface area contributed by atoms with Crippen molar-refractivity contribution < 1.29 is 9.59 Å². The Balaban J connectivity index is 1.78. The van der Waals surface area contributed by atoms with Gasteiger partial charge >= 0.3 is 0 Å². The van der Waals surface area contributed by atoms with E-state index in [4.69, 9.17) is 0 Å². The van der Waals surface area contributed by atoms with E-state index < -0.39 is 0 Å². The summed E-state index contributed by atoms with van der Waals surface area (Å²) in [4.78, 5) is 26.3. The van der Waals surface area contributed by atoms with Crippen LogP contribution in [0.2, 0.25) is 0 Å². The van der Waals surface area contributed by atoms with E-state index in [2.05, 4.69) is 31.4 Å². The quantitative estimate of drug-likeness (QED) is 0.861. The van der Waals surface area contributed by atoms with Gasteiger partial charge in [-0.3, -0.25) is 9.59 Å². The number of carbonyl (C=O) groups is 2. The Morgan fingerprint density at radius 3 is 2.32 bits per heavy atom. The van der Waals surface area contributed by atoms with Gasteiger partial charge in [-0.1, -0.05) is 32.9 Å². The van der Waals surface area contributed by atoms with Gasteiger partial charge in [-0.15, -0.1) is 0 Å². The summed E-state index contributed by atoms with van der Waals surface area (Å²) in [6.07, 6.45) is 2.33. The van der Waals surface area contributed by atoms with E-state index in [1.165, 1.54) is 5.56 Å². The number of nitrogens with one attached hydrogen (secondary N) is 2. The van der Waals surface area contributed by atoms with Gasteiger partial charge in [0, 0.05) is 31.6 Å². The largest absolute Gasteiger partial charge is 0.352 e. The molecule has 5 heteroatoms. The Kier molecular flexibility index (Phi) is 6.59. The van der Waals surface area contributed by atoms with Crippen LogP contribution in [0, 0.1) is 0 Å². The highest BCUT2D eigenvalue weighted by atomic mass is 16.2. The molecule has 138 valence electrons. The Morgan fingerprint density at radius 2 is 1.76 bits per heavy atom. The van der Waals surface area contributed by atoms with Gasteiger partial charge in [0.15, 0.2) is 0 Å². The van der Waals surface area contributed by atoms with Crippen LogP contribution in [0.25, 0.3) is 0 Å². The first-order valence-electron chi connectivity index (χ1n) is 9.14. The topological polar surface area (TPSA) is 61.4 Å². The summed E-state index contributed by atoms with van der Waals surface area (Å²) < 4.78 is 0. The lowest BCUT2D eigenvalue weighted by atomic mass is 9.87. The van der Waals surface area contributed by atoms with E-state index in [9.17, 15) is 9.59 Å². The van der Waals surface area contributed by atoms with Crippen molar-refractivity contribution >= 4 is 11.8 Å². The zero-order valence-electron chi connectivity index (χ0n) is 15.9. The average Bonchev–Trinajstić information content (AvgIpc) is 2.61. The molecule has 0 aromatic heterocycles. The molecule has 1 fully saturated rings. The number of carbonyl (C=O) groups excluding carboxylic acids is 2. The molecule has 1 saturated heterocycles. The second-order valence-electron chi connectivity index (χ2n) is 7.82. The number of nitrogens with zero attached hydrogens (tertiary/aromatic N) is 1. The lowest BCUT2D eigenvalue weighted by molar-refractivity contribution is -0.132. The fraction of sp³-hybridized carbons (Fsp3) is 0.600. The molecule has 0 atom stereocenters. The molecule has 2 N–H and O–H groups in total. The van der Waals surface area contributed by atoms with Crippen LogP contribution in [0.3, 0.4) is 0 Å². The second-order valence-corrected chi connectivity index (χ2v) is 7.82. The van der Waals surface area contributed by atoms with Crippen LogP contribution in [0.15, 0.2) is 24.3 Å². The zero-order chi connectivity index (χ0) is 18.4. The first-order valence-corrected chi connectivity index (χ1v) is 9.14. The van der Waals surface area contributed by atoms with Gasteiger partial charge in [-0.2, -0.15) is 0 Å². The summed E-state index contributed by atoms with van der Waals surface area (Å²) in [7, 11) is 1.87. The molecule has 1 heterocycles. The standard InChI is InChI=1S/C20H31N3O2/c1-20(2,3)16-7-5-15(6-8-16)19(25)22-14-11-18(24)23(4)17-9-12-21-13-10-17/h5-8,17,21H,9-14H2,1-4H3,(H,22,25). The molecule has 1 aromatic carbocycles. The highest BCUT2D eigenvalue weighted by molar-refractivity contribution is 5.94. The van der Waals surface area contributed by atoms with Gasteiger partial charge in [0.2, 0.25) is 5.91 Å². The van der Waals surface area contributed by atoms with E-state index in [1.807, 2.05) is 36.2 Å². The van der Waals surface area contributed by atoms with Crippen LogP contribution >= 0.6 is 0 Å². The van der Waals surface area contributed by atoms with Crippen LogP contribution in [-0.4, -0.2) is 49.4 Å². The molecule has 2 amide bonds. The molecule has 1 aliphatic heterocycles. The van der Waals surface area contributed by atoms with Gasteiger partial charge in [-0.25, -0.2) is 0 Å². The molecule has 25 heavy (non-hydrogen) atoms. The number of hydrogen-bond donors (Lipinski definition) is 2. The summed E-state index contributed by atoms with van der Waals surface area (Å²) >= 11 is 0. The third kappa shape index (κ3) is 5.56. The first kappa shape index (κ1) is 19.4. The van der Waals surface area contributed by atoms with Crippen LogP contribution < -0.4 is 10.6 Å². The molecule has 0 radical (unpaired) electrons. The van der Waals surface area contributed by atoms with Crippen molar-refractivity contribution in [3.63, 3.8) is 0 Å². The van der Waals surface area contributed by atoms with Crippen LogP contribution in [0.4, 0.5) is 0 Å².